The van der Waals surface area contributed by atoms with Gasteiger partial charge in [0.2, 0.25) is 0 Å². The van der Waals surface area contributed by atoms with E-state index in [4.69, 9.17) is 9.84 Å². The number of ether oxygens (including phenoxy) is 1. The summed E-state index contributed by atoms with van der Waals surface area (Å²) >= 11 is 1.59. The van der Waals surface area contributed by atoms with Crippen LogP contribution in [0.25, 0.3) is 11.2 Å². The Morgan fingerprint density at radius 3 is 3.17 bits per heavy atom. The number of aromatic nitrogens is 4. The Hall–Kier alpha value is -1.38. The molecule has 2 aromatic heterocycles. The number of imidazole rings is 1. The molecule has 3 heterocycles. The molecule has 1 aliphatic rings. The van der Waals surface area contributed by atoms with Gasteiger partial charge in [-0.1, -0.05) is 0 Å². The molecule has 96 valence electrons. The van der Waals surface area contributed by atoms with Gasteiger partial charge in [-0.15, -0.1) is 11.8 Å². The number of aliphatic hydroxyl groups excluding tert-OH is 1. The third-order valence-electron chi connectivity index (χ3n) is 2.79. The summed E-state index contributed by atoms with van der Waals surface area (Å²) in [6.45, 7) is 0.0184. The largest absolute Gasteiger partial charge is 0.393 e. The van der Waals surface area contributed by atoms with E-state index in [2.05, 4.69) is 20.3 Å². The molecule has 1 aliphatic heterocycles. The summed E-state index contributed by atoms with van der Waals surface area (Å²) in [5, 5.41) is 12.1. The molecule has 0 unspecified atom stereocenters. The summed E-state index contributed by atoms with van der Waals surface area (Å²) in [5.41, 5.74) is 1.29. The number of nitrogens with one attached hydrogen (secondary N) is 1. The van der Waals surface area contributed by atoms with E-state index in [-0.39, 0.29) is 18.3 Å². The molecule has 2 N–H and O–H groups in total. The van der Waals surface area contributed by atoms with Gasteiger partial charge >= 0.3 is 0 Å². The highest BCUT2D eigenvalue weighted by Crippen LogP contribution is 2.33. The van der Waals surface area contributed by atoms with Crippen LogP contribution in [0.1, 0.15) is 6.23 Å². The average molecular weight is 267 g/mol. The molecule has 1 fully saturated rings. The van der Waals surface area contributed by atoms with Gasteiger partial charge in [0.1, 0.15) is 23.5 Å². The van der Waals surface area contributed by atoms with Crippen molar-refractivity contribution in [3.8, 4) is 0 Å². The molecule has 3 rings (SSSR count). The molecule has 0 aromatic carbocycles. The van der Waals surface area contributed by atoms with Crippen LogP contribution in [0.2, 0.25) is 0 Å². The lowest BCUT2D eigenvalue weighted by Gasteiger charge is -2.12. The van der Waals surface area contributed by atoms with E-state index in [1.165, 1.54) is 6.33 Å². The van der Waals surface area contributed by atoms with Gasteiger partial charge in [0.15, 0.2) is 11.5 Å². The first-order valence-electron chi connectivity index (χ1n) is 5.56. The maximum atomic E-state index is 9.07. The van der Waals surface area contributed by atoms with Gasteiger partial charge in [-0.3, -0.25) is 4.57 Å². The highest BCUT2D eigenvalue weighted by molar-refractivity contribution is 8.00. The van der Waals surface area contributed by atoms with Crippen LogP contribution >= 0.6 is 11.8 Å². The Kier molecular flexibility index (Phi) is 3.06. The summed E-state index contributed by atoms with van der Waals surface area (Å²) in [5.74, 6) is 1.47. The van der Waals surface area contributed by atoms with Crippen molar-refractivity contribution in [3.63, 3.8) is 0 Å². The number of anilines is 1. The Morgan fingerprint density at radius 2 is 2.44 bits per heavy atom. The Labute approximate surface area is 108 Å². The zero-order valence-electron chi connectivity index (χ0n) is 9.78. The van der Waals surface area contributed by atoms with Gasteiger partial charge in [-0.2, -0.15) is 0 Å². The van der Waals surface area contributed by atoms with E-state index < -0.39 is 0 Å². The summed E-state index contributed by atoms with van der Waals surface area (Å²) in [6, 6.07) is 0. The summed E-state index contributed by atoms with van der Waals surface area (Å²) < 4.78 is 7.57. The van der Waals surface area contributed by atoms with Crippen molar-refractivity contribution in [3.05, 3.63) is 12.7 Å². The van der Waals surface area contributed by atoms with Gasteiger partial charge in [0.05, 0.1) is 12.9 Å². The van der Waals surface area contributed by atoms with Crippen molar-refractivity contribution in [1.82, 2.24) is 19.5 Å². The minimum Gasteiger partial charge on any atom is -0.393 e. The molecule has 0 bridgehead atoms. The van der Waals surface area contributed by atoms with E-state index in [1.54, 1.807) is 25.1 Å². The topological polar surface area (TPSA) is 85.1 Å². The summed E-state index contributed by atoms with van der Waals surface area (Å²) in [6.07, 6.45) is 3.06. The molecule has 0 aliphatic carbocycles. The van der Waals surface area contributed by atoms with Crippen molar-refractivity contribution in [2.75, 3.05) is 24.7 Å². The summed E-state index contributed by atoms with van der Waals surface area (Å²) in [4.78, 5) is 12.7. The average Bonchev–Trinajstić information content (AvgIpc) is 3.03. The van der Waals surface area contributed by atoms with Crippen LogP contribution in [0.5, 0.6) is 0 Å². The molecule has 0 radical (unpaired) electrons. The van der Waals surface area contributed by atoms with Crippen LogP contribution in [0.3, 0.4) is 0 Å². The quantitative estimate of drug-likeness (QED) is 0.835. The van der Waals surface area contributed by atoms with Crippen molar-refractivity contribution in [2.45, 2.75) is 11.7 Å². The SMILES string of the molecule is CNc1ncnc2c1ncn2[C@H]1CS[C@@H](CO)O1. The second kappa shape index (κ2) is 4.71. The summed E-state index contributed by atoms with van der Waals surface area (Å²) in [7, 11) is 1.80. The number of hydrogen-bond donors (Lipinski definition) is 2. The van der Waals surface area contributed by atoms with Crippen LogP contribution in [-0.4, -0.2) is 49.5 Å². The van der Waals surface area contributed by atoms with Gasteiger partial charge in [0, 0.05) is 12.8 Å². The van der Waals surface area contributed by atoms with E-state index in [1.807, 2.05) is 4.57 Å². The third kappa shape index (κ3) is 1.82. The number of hydrogen-bond acceptors (Lipinski definition) is 7. The van der Waals surface area contributed by atoms with Crippen LogP contribution in [0, 0.1) is 0 Å². The second-order valence-corrected chi connectivity index (χ2v) is 5.02. The van der Waals surface area contributed by atoms with Crippen LogP contribution in [-0.2, 0) is 4.74 Å². The maximum Gasteiger partial charge on any atom is 0.167 e. The lowest BCUT2D eigenvalue weighted by atomic mass is 10.5. The number of thioether (sulfide) groups is 1. The van der Waals surface area contributed by atoms with Crippen molar-refractivity contribution < 1.29 is 9.84 Å². The molecule has 18 heavy (non-hydrogen) atoms. The van der Waals surface area contributed by atoms with Crippen LogP contribution < -0.4 is 5.32 Å². The Balaban J connectivity index is 1.98. The molecule has 0 spiro atoms. The highest BCUT2D eigenvalue weighted by atomic mass is 32.2. The molecular formula is C10H13N5O2S. The van der Waals surface area contributed by atoms with Gasteiger partial charge in [-0.05, 0) is 0 Å². The number of nitrogens with zero attached hydrogens (tertiary/aromatic N) is 4. The first-order chi connectivity index (χ1) is 8.83. The molecule has 7 nitrogen and oxygen atoms in total. The predicted molar refractivity (Wildman–Crippen MR) is 68.3 cm³/mol. The van der Waals surface area contributed by atoms with E-state index in [0.29, 0.717) is 5.82 Å². The molecule has 0 saturated carbocycles. The van der Waals surface area contributed by atoms with E-state index >= 15 is 0 Å². The molecule has 8 heteroatoms. The third-order valence-corrected chi connectivity index (χ3v) is 3.90. The van der Waals surface area contributed by atoms with Crippen molar-refractivity contribution in [1.29, 1.82) is 0 Å². The minimum atomic E-state index is -0.168. The number of rotatable bonds is 3. The smallest absolute Gasteiger partial charge is 0.167 e. The van der Waals surface area contributed by atoms with Crippen LogP contribution in [0.15, 0.2) is 12.7 Å². The molecule has 1 saturated heterocycles. The second-order valence-electron chi connectivity index (χ2n) is 3.83. The van der Waals surface area contributed by atoms with Crippen molar-refractivity contribution >= 4 is 28.7 Å². The van der Waals surface area contributed by atoms with Crippen molar-refractivity contribution in [2.24, 2.45) is 0 Å². The standard InChI is InChI=1S/C10H13N5O2S/c1-11-9-8-10(13-4-12-9)15(5-14-8)6-3-18-7(2-16)17-6/h4-7,16H,2-3H2,1H3,(H,11,12,13)/t6-,7+/m1/s1. The first kappa shape index (κ1) is 11.7. The van der Waals surface area contributed by atoms with Crippen LogP contribution in [0.4, 0.5) is 5.82 Å². The molecule has 0 amide bonds. The predicted octanol–water partition coefficient (Wildman–Crippen LogP) is 0.448. The van der Waals surface area contributed by atoms with Gasteiger partial charge in [0.25, 0.3) is 0 Å². The maximum absolute atomic E-state index is 9.07. The zero-order valence-corrected chi connectivity index (χ0v) is 10.6. The number of fused-ring (bicyclic) bond motifs is 1. The minimum absolute atomic E-state index is 0.0184. The molecule has 2 aromatic rings. The van der Waals surface area contributed by atoms with Gasteiger partial charge < -0.3 is 15.2 Å². The fourth-order valence-electron chi connectivity index (χ4n) is 1.93. The lowest BCUT2D eigenvalue weighted by molar-refractivity contribution is -0.00191. The van der Waals surface area contributed by atoms with E-state index in [0.717, 1.165) is 16.9 Å². The molecular weight excluding hydrogens is 254 g/mol. The normalized spacial score (nSPS) is 23.7. The first-order valence-corrected chi connectivity index (χ1v) is 6.61. The van der Waals surface area contributed by atoms with Gasteiger partial charge in [-0.25, -0.2) is 15.0 Å². The Bertz CT molecular complexity index is 560. The molecule has 2 atom stereocenters. The Morgan fingerprint density at radius 1 is 1.56 bits per heavy atom. The van der Waals surface area contributed by atoms with E-state index in [9.17, 15) is 0 Å². The highest BCUT2D eigenvalue weighted by Gasteiger charge is 2.28. The number of aliphatic hydroxyl groups is 1. The zero-order chi connectivity index (χ0) is 12.5. The fraction of sp³-hybridized carbons (Fsp3) is 0.500. The fourth-order valence-corrected chi connectivity index (χ4v) is 2.86. The lowest BCUT2D eigenvalue weighted by Crippen LogP contribution is -2.14. The monoisotopic (exact) mass is 267 g/mol.